The molecule has 16 heavy (non-hydrogen) atoms. The van der Waals surface area contributed by atoms with Crippen LogP contribution in [0.25, 0.3) is 9.40 Å². The van der Waals surface area contributed by atoms with Gasteiger partial charge in [0, 0.05) is 28.5 Å². The Kier molecular flexibility index (Phi) is 2.46. The minimum Gasteiger partial charge on any atom is -0.336 e. The molecule has 1 saturated heterocycles. The van der Waals surface area contributed by atoms with Gasteiger partial charge in [-0.05, 0) is 23.9 Å². The van der Waals surface area contributed by atoms with Crippen LogP contribution in [0.3, 0.4) is 0 Å². The van der Waals surface area contributed by atoms with Crippen LogP contribution in [0, 0.1) is 0 Å². The third-order valence-electron chi connectivity index (χ3n) is 2.86. The average molecular weight is 252 g/mol. The van der Waals surface area contributed by atoms with Crippen LogP contribution in [0.2, 0.25) is 0 Å². The van der Waals surface area contributed by atoms with Crippen molar-refractivity contribution in [1.29, 1.82) is 0 Å². The summed E-state index contributed by atoms with van der Waals surface area (Å²) < 4.78 is 2.41. The zero-order valence-electron chi connectivity index (χ0n) is 8.68. The molecule has 0 bridgehead atoms. The minimum absolute atomic E-state index is 0.140. The van der Waals surface area contributed by atoms with Gasteiger partial charge < -0.3 is 10.6 Å². The fourth-order valence-corrected chi connectivity index (χ4v) is 4.08. The van der Waals surface area contributed by atoms with Gasteiger partial charge in [0.05, 0.1) is 4.88 Å². The second-order valence-corrected chi connectivity index (χ2v) is 6.09. The summed E-state index contributed by atoms with van der Waals surface area (Å²) in [6, 6.07) is 4.22. The molecule has 0 radical (unpaired) electrons. The lowest BCUT2D eigenvalue weighted by atomic mass is 10.3. The maximum Gasteiger partial charge on any atom is 0.264 e. The lowest BCUT2D eigenvalue weighted by Gasteiger charge is -2.13. The van der Waals surface area contributed by atoms with Crippen molar-refractivity contribution in [1.82, 2.24) is 4.90 Å². The predicted molar refractivity (Wildman–Crippen MR) is 68.2 cm³/mol. The molecule has 2 aromatic heterocycles. The highest BCUT2D eigenvalue weighted by Gasteiger charge is 2.25. The van der Waals surface area contributed by atoms with Crippen LogP contribution in [-0.4, -0.2) is 29.9 Å². The molecule has 3 heterocycles. The fraction of sp³-hybridized carbons (Fsp3) is 0.364. The number of carbonyl (C=O) groups is 1. The largest absolute Gasteiger partial charge is 0.336 e. The SMILES string of the molecule is N[C@@H]1CCN(C(=O)c2cc3sccc3s2)C1. The summed E-state index contributed by atoms with van der Waals surface area (Å²) >= 11 is 3.26. The first-order valence-electron chi connectivity index (χ1n) is 5.26. The van der Waals surface area contributed by atoms with E-state index in [4.69, 9.17) is 5.73 Å². The number of hydrogen-bond donors (Lipinski definition) is 1. The Bertz CT molecular complexity index is 502. The Morgan fingerprint density at radius 1 is 1.50 bits per heavy atom. The first-order chi connectivity index (χ1) is 7.74. The summed E-state index contributed by atoms with van der Waals surface area (Å²) in [7, 11) is 0. The van der Waals surface area contributed by atoms with Crippen LogP contribution >= 0.6 is 22.7 Å². The molecule has 3 nitrogen and oxygen atoms in total. The molecule has 0 aliphatic carbocycles. The maximum absolute atomic E-state index is 12.1. The number of nitrogens with zero attached hydrogens (tertiary/aromatic N) is 1. The third-order valence-corrected chi connectivity index (χ3v) is 4.94. The number of amides is 1. The first-order valence-corrected chi connectivity index (χ1v) is 6.95. The van der Waals surface area contributed by atoms with E-state index in [0.29, 0.717) is 6.54 Å². The summed E-state index contributed by atoms with van der Waals surface area (Å²) in [4.78, 5) is 14.9. The van der Waals surface area contributed by atoms with Gasteiger partial charge in [-0.2, -0.15) is 0 Å². The van der Waals surface area contributed by atoms with Gasteiger partial charge in [0.15, 0.2) is 0 Å². The van der Waals surface area contributed by atoms with Crippen molar-refractivity contribution in [3.05, 3.63) is 22.4 Å². The number of thiophene rings is 2. The molecule has 1 atom stereocenters. The van der Waals surface area contributed by atoms with Crippen LogP contribution in [0.5, 0.6) is 0 Å². The van der Waals surface area contributed by atoms with Crippen molar-refractivity contribution < 1.29 is 4.79 Å². The summed E-state index contributed by atoms with van der Waals surface area (Å²) in [6.45, 7) is 1.50. The number of rotatable bonds is 1. The second kappa shape index (κ2) is 3.84. The number of carbonyl (C=O) groups excluding carboxylic acids is 1. The van der Waals surface area contributed by atoms with E-state index in [9.17, 15) is 4.79 Å². The third kappa shape index (κ3) is 1.65. The lowest BCUT2D eigenvalue weighted by molar-refractivity contribution is 0.0796. The Labute approximate surface area is 101 Å². The smallest absolute Gasteiger partial charge is 0.264 e. The van der Waals surface area contributed by atoms with E-state index in [1.54, 1.807) is 22.7 Å². The highest BCUT2D eigenvalue weighted by atomic mass is 32.1. The Balaban J connectivity index is 1.87. The average Bonchev–Trinajstić information content (AvgIpc) is 2.89. The molecule has 5 heteroatoms. The monoisotopic (exact) mass is 252 g/mol. The Morgan fingerprint density at radius 2 is 2.38 bits per heavy atom. The standard InChI is InChI=1S/C11H12N2OS2/c12-7-1-3-13(6-7)11(14)10-5-9-8(16-10)2-4-15-9/h2,4-5,7H,1,3,6,12H2/t7-/m1/s1. The van der Waals surface area contributed by atoms with Gasteiger partial charge in [-0.3, -0.25) is 4.79 Å². The molecule has 0 saturated carbocycles. The molecule has 0 spiro atoms. The normalized spacial score (nSPS) is 20.8. The summed E-state index contributed by atoms with van der Waals surface area (Å²) in [5.41, 5.74) is 5.81. The number of likely N-dealkylation sites (tertiary alicyclic amines) is 1. The van der Waals surface area contributed by atoms with Crippen LogP contribution in [0.4, 0.5) is 0 Å². The molecular formula is C11H12N2OS2. The molecule has 2 aromatic rings. The van der Waals surface area contributed by atoms with Gasteiger partial charge in [0.25, 0.3) is 5.91 Å². The number of nitrogens with two attached hydrogens (primary N) is 1. The van der Waals surface area contributed by atoms with Gasteiger partial charge in [-0.1, -0.05) is 0 Å². The van der Waals surface area contributed by atoms with Crippen molar-refractivity contribution in [3.8, 4) is 0 Å². The van der Waals surface area contributed by atoms with Gasteiger partial charge in [0.1, 0.15) is 0 Å². The molecule has 1 aliphatic rings. The summed E-state index contributed by atoms with van der Waals surface area (Å²) in [6.07, 6.45) is 0.922. The Hall–Kier alpha value is -0.910. The van der Waals surface area contributed by atoms with Gasteiger partial charge in [-0.15, -0.1) is 22.7 Å². The molecular weight excluding hydrogens is 240 g/mol. The van der Waals surface area contributed by atoms with Crippen molar-refractivity contribution in [2.45, 2.75) is 12.5 Å². The van der Waals surface area contributed by atoms with E-state index in [-0.39, 0.29) is 11.9 Å². The molecule has 1 amide bonds. The van der Waals surface area contributed by atoms with E-state index in [0.717, 1.165) is 17.8 Å². The molecule has 1 fully saturated rings. The maximum atomic E-state index is 12.1. The summed E-state index contributed by atoms with van der Waals surface area (Å²) in [5.74, 6) is 0.140. The van der Waals surface area contributed by atoms with Crippen molar-refractivity contribution in [2.24, 2.45) is 5.73 Å². The fourth-order valence-electron chi connectivity index (χ4n) is 2.00. The molecule has 2 N–H and O–H groups in total. The molecule has 84 valence electrons. The van der Waals surface area contributed by atoms with Crippen molar-refractivity contribution in [2.75, 3.05) is 13.1 Å². The molecule has 0 aromatic carbocycles. The van der Waals surface area contributed by atoms with Gasteiger partial charge in [-0.25, -0.2) is 0 Å². The quantitative estimate of drug-likeness (QED) is 0.845. The minimum atomic E-state index is 0.140. The van der Waals surface area contributed by atoms with E-state index < -0.39 is 0 Å². The van der Waals surface area contributed by atoms with Crippen LogP contribution in [0.1, 0.15) is 16.1 Å². The topological polar surface area (TPSA) is 46.3 Å². The predicted octanol–water partition coefficient (Wildman–Crippen LogP) is 2.14. The van der Waals surface area contributed by atoms with Crippen LogP contribution in [0.15, 0.2) is 17.5 Å². The van der Waals surface area contributed by atoms with E-state index in [2.05, 4.69) is 11.4 Å². The lowest BCUT2D eigenvalue weighted by Crippen LogP contribution is -2.31. The zero-order valence-corrected chi connectivity index (χ0v) is 10.3. The number of hydrogen-bond acceptors (Lipinski definition) is 4. The second-order valence-electron chi connectivity index (χ2n) is 4.06. The van der Waals surface area contributed by atoms with Crippen molar-refractivity contribution >= 4 is 38.0 Å². The van der Waals surface area contributed by atoms with Gasteiger partial charge >= 0.3 is 0 Å². The van der Waals surface area contributed by atoms with E-state index >= 15 is 0 Å². The molecule has 0 unspecified atom stereocenters. The summed E-state index contributed by atoms with van der Waals surface area (Å²) in [5, 5.41) is 2.06. The van der Waals surface area contributed by atoms with E-state index in [1.165, 1.54) is 9.40 Å². The van der Waals surface area contributed by atoms with Gasteiger partial charge in [0.2, 0.25) is 0 Å². The van der Waals surface area contributed by atoms with Crippen LogP contribution < -0.4 is 5.73 Å². The van der Waals surface area contributed by atoms with E-state index in [1.807, 2.05) is 11.0 Å². The van der Waals surface area contributed by atoms with Crippen molar-refractivity contribution in [3.63, 3.8) is 0 Å². The Morgan fingerprint density at radius 3 is 3.06 bits per heavy atom. The molecule has 1 aliphatic heterocycles. The highest BCUT2D eigenvalue weighted by molar-refractivity contribution is 7.27. The zero-order chi connectivity index (χ0) is 11.1. The molecule has 3 rings (SSSR count). The first kappa shape index (κ1) is 10.3. The number of fused-ring (bicyclic) bond motifs is 1. The van der Waals surface area contributed by atoms with Crippen LogP contribution in [-0.2, 0) is 0 Å². The highest BCUT2D eigenvalue weighted by Crippen LogP contribution is 2.31.